The molecule has 0 aliphatic carbocycles. The van der Waals surface area contributed by atoms with Crippen LogP contribution < -0.4 is 15.4 Å². The molecule has 0 saturated heterocycles. The second kappa shape index (κ2) is 8.33. The lowest BCUT2D eigenvalue weighted by molar-refractivity contribution is -0.120. The fourth-order valence-corrected chi connectivity index (χ4v) is 2.19. The van der Waals surface area contributed by atoms with Gasteiger partial charge in [-0.15, -0.1) is 0 Å². The van der Waals surface area contributed by atoms with E-state index in [2.05, 4.69) is 10.6 Å². The molecule has 0 radical (unpaired) electrons. The van der Waals surface area contributed by atoms with Gasteiger partial charge in [0.1, 0.15) is 11.4 Å². The van der Waals surface area contributed by atoms with Crippen molar-refractivity contribution in [1.82, 2.24) is 10.6 Å². The van der Waals surface area contributed by atoms with Gasteiger partial charge in [-0.1, -0.05) is 36.4 Å². The zero-order valence-electron chi connectivity index (χ0n) is 14.8. The third kappa shape index (κ3) is 6.30. The maximum absolute atomic E-state index is 12.0. The molecule has 0 bridgehead atoms. The second-order valence-corrected chi connectivity index (χ2v) is 6.65. The Morgan fingerprint density at radius 2 is 1.56 bits per heavy atom. The molecular weight excluding hydrogens is 316 g/mol. The van der Waals surface area contributed by atoms with Crippen LogP contribution in [0.1, 0.15) is 36.7 Å². The Kier molecular flexibility index (Phi) is 6.17. The van der Waals surface area contributed by atoms with Crippen LogP contribution in [0, 0.1) is 0 Å². The maximum Gasteiger partial charge on any atom is 0.251 e. The third-order valence-corrected chi connectivity index (χ3v) is 3.31. The molecule has 2 N–H and O–H groups in total. The molecule has 0 heterocycles. The van der Waals surface area contributed by atoms with Crippen LogP contribution in [0.5, 0.6) is 5.75 Å². The van der Waals surface area contributed by atoms with Gasteiger partial charge in [-0.2, -0.15) is 0 Å². The van der Waals surface area contributed by atoms with E-state index in [0.717, 1.165) is 11.3 Å². The molecule has 0 unspecified atom stereocenters. The average molecular weight is 340 g/mol. The summed E-state index contributed by atoms with van der Waals surface area (Å²) >= 11 is 0. The van der Waals surface area contributed by atoms with Crippen molar-refractivity contribution in [3.8, 4) is 5.75 Å². The number of amides is 2. The lowest BCUT2D eigenvalue weighted by atomic mass is 10.1. The number of ether oxygens (including phenoxy) is 1. The second-order valence-electron chi connectivity index (χ2n) is 6.65. The SMILES string of the molecule is CC(C)(C)Oc1ccccc1CNC(=O)CNC(=O)c1ccccc1. The van der Waals surface area contributed by atoms with E-state index in [-0.39, 0.29) is 24.0 Å². The fourth-order valence-electron chi connectivity index (χ4n) is 2.19. The normalized spacial score (nSPS) is 10.8. The zero-order chi connectivity index (χ0) is 18.3. The molecule has 2 amide bonds. The van der Waals surface area contributed by atoms with E-state index in [0.29, 0.717) is 12.1 Å². The van der Waals surface area contributed by atoms with Crippen molar-refractivity contribution in [3.05, 3.63) is 65.7 Å². The molecule has 0 aromatic heterocycles. The summed E-state index contributed by atoms with van der Waals surface area (Å²) in [6.45, 7) is 6.19. The summed E-state index contributed by atoms with van der Waals surface area (Å²) in [5.74, 6) is 0.214. The van der Waals surface area contributed by atoms with Gasteiger partial charge in [0.25, 0.3) is 5.91 Å². The summed E-state index contributed by atoms with van der Waals surface area (Å²) in [5.41, 5.74) is 1.10. The lowest BCUT2D eigenvalue weighted by Crippen LogP contribution is -2.36. The zero-order valence-corrected chi connectivity index (χ0v) is 14.8. The number of rotatable bonds is 6. The predicted octanol–water partition coefficient (Wildman–Crippen LogP) is 2.91. The molecule has 25 heavy (non-hydrogen) atoms. The average Bonchev–Trinajstić information content (AvgIpc) is 2.58. The first-order valence-corrected chi connectivity index (χ1v) is 8.22. The van der Waals surface area contributed by atoms with Gasteiger partial charge in [0.15, 0.2) is 0 Å². The predicted molar refractivity (Wildman–Crippen MR) is 97.4 cm³/mol. The van der Waals surface area contributed by atoms with E-state index in [1.54, 1.807) is 24.3 Å². The molecule has 5 nitrogen and oxygen atoms in total. The Bertz CT molecular complexity index is 721. The van der Waals surface area contributed by atoms with Crippen LogP contribution in [0.2, 0.25) is 0 Å². The van der Waals surface area contributed by atoms with E-state index in [9.17, 15) is 9.59 Å². The number of hydrogen-bond donors (Lipinski definition) is 2. The number of para-hydroxylation sites is 1. The summed E-state index contributed by atoms with van der Waals surface area (Å²) in [4.78, 5) is 23.9. The van der Waals surface area contributed by atoms with Crippen molar-refractivity contribution in [2.75, 3.05) is 6.54 Å². The minimum atomic E-state index is -0.316. The van der Waals surface area contributed by atoms with Crippen molar-refractivity contribution < 1.29 is 14.3 Å². The van der Waals surface area contributed by atoms with Crippen LogP contribution >= 0.6 is 0 Å². The molecule has 0 aliphatic rings. The topological polar surface area (TPSA) is 67.4 Å². The highest BCUT2D eigenvalue weighted by Crippen LogP contribution is 2.22. The molecule has 0 saturated carbocycles. The molecule has 5 heteroatoms. The fraction of sp³-hybridized carbons (Fsp3) is 0.300. The molecule has 0 aliphatic heterocycles. The largest absolute Gasteiger partial charge is 0.488 e. The highest BCUT2D eigenvalue weighted by molar-refractivity contribution is 5.96. The Hall–Kier alpha value is -2.82. The first-order valence-electron chi connectivity index (χ1n) is 8.22. The van der Waals surface area contributed by atoms with Gasteiger partial charge in [-0.3, -0.25) is 9.59 Å². The number of benzene rings is 2. The Morgan fingerprint density at radius 3 is 2.24 bits per heavy atom. The van der Waals surface area contributed by atoms with Crippen molar-refractivity contribution in [3.63, 3.8) is 0 Å². The molecule has 132 valence electrons. The van der Waals surface area contributed by atoms with Gasteiger partial charge in [0.2, 0.25) is 5.91 Å². The highest BCUT2D eigenvalue weighted by atomic mass is 16.5. The van der Waals surface area contributed by atoms with Gasteiger partial charge in [0.05, 0.1) is 6.54 Å². The minimum Gasteiger partial charge on any atom is -0.488 e. The Balaban J connectivity index is 1.85. The summed E-state index contributed by atoms with van der Waals surface area (Å²) in [6.07, 6.45) is 0. The molecule has 2 aromatic carbocycles. The van der Waals surface area contributed by atoms with E-state index < -0.39 is 0 Å². The molecule has 0 atom stereocenters. The van der Waals surface area contributed by atoms with Gasteiger partial charge in [-0.05, 0) is 39.0 Å². The van der Waals surface area contributed by atoms with Crippen LogP contribution in [-0.2, 0) is 11.3 Å². The van der Waals surface area contributed by atoms with Gasteiger partial charge in [-0.25, -0.2) is 0 Å². The number of nitrogens with one attached hydrogen (secondary N) is 2. The maximum atomic E-state index is 12.0. The molecule has 2 rings (SSSR count). The Labute approximate surface area is 148 Å². The van der Waals surface area contributed by atoms with Crippen LogP contribution in [0.3, 0.4) is 0 Å². The summed E-state index contributed by atoms with van der Waals surface area (Å²) in [5, 5.41) is 5.40. The first-order chi connectivity index (χ1) is 11.8. The highest BCUT2D eigenvalue weighted by Gasteiger charge is 2.15. The van der Waals surface area contributed by atoms with Gasteiger partial charge in [0, 0.05) is 17.7 Å². The van der Waals surface area contributed by atoms with Crippen LogP contribution in [0.25, 0.3) is 0 Å². The molecule has 0 spiro atoms. The van der Waals surface area contributed by atoms with Gasteiger partial charge >= 0.3 is 0 Å². The van der Waals surface area contributed by atoms with Crippen molar-refractivity contribution in [2.24, 2.45) is 0 Å². The van der Waals surface area contributed by atoms with Crippen LogP contribution in [0.15, 0.2) is 54.6 Å². The lowest BCUT2D eigenvalue weighted by Gasteiger charge is -2.23. The van der Waals surface area contributed by atoms with Crippen LogP contribution in [0.4, 0.5) is 0 Å². The van der Waals surface area contributed by atoms with Crippen molar-refractivity contribution >= 4 is 11.8 Å². The quantitative estimate of drug-likeness (QED) is 0.850. The Morgan fingerprint density at radius 1 is 0.920 bits per heavy atom. The van der Waals surface area contributed by atoms with E-state index in [1.165, 1.54) is 0 Å². The molecule has 2 aromatic rings. The van der Waals surface area contributed by atoms with E-state index >= 15 is 0 Å². The summed E-state index contributed by atoms with van der Waals surface area (Å²) in [7, 11) is 0. The standard InChI is InChI=1S/C20H24N2O3/c1-20(2,3)25-17-12-8-7-11-16(17)13-21-18(23)14-22-19(24)15-9-5-4-6-10-15/h4-12H,13-14H2,1-3H3,(H,21,23)(H,22,24). The molecule has 0 fully saturated rings. The van der Waals surface area contributed by atoms with Crippen molar-refractivity contribution in [1.29, 1.82) is 0 Å². The summed E-state index contributed by atoms with van der Waals surface area (Å²) < 4.78 is 5.90. The first kappa shape index (κ1) is 18.5. The number of hydrogen-bond acceptors (Lipinski definition) is 3. The number of carbonyl (C=O) groups excluding carboxylic acids is 2. The van der Waals surface area contributed by atoms with Gasteiger partial charge < -0.3 is 15.4 Å². The molecular formula is C20H24N2O3. The smallest absolute Gasteiger partial charge is 0.251 e. The minimum absolute atomic E-state index is 0.0734. The number of carbonyl (C=O) groups is 2. The van der Waals surface area contributed by atoms with E-state index in [4.69, 9.17) is 4.74 Å². The summed E-state index contributed by atoms with van der Waals surface area (Å²) in [6, 6.07) is 16.4. The monoisotopic (exact) mass is 340 g/mol. The van der Waals surface area contributed by atoms with Crippen molar-refractivity contribution in [2.45, 2.75) is 32.9 Å². The van der Waals surface area contributed by atoms with E-state index in [1.807, 2.05) is 51.1 Å². The third-order valence-electron chi connectivity index (χ3n) is 3.31. The van der Waals surface area contributed by atoms with Crippen LogP contribution in [-0.4, -0.2) is 24.0 Å².